The van der Waals surface area contributed by atoms with Crippen molar-refractivity contribution in [1.29, 1.82) is 0 Å². The first kappa shape index (κ1) is 14.1. The van der Waals surface area contributed by atoms with E-state index in [1.165, 1.54) is 10.9 Å². The Bertz CT molecular complexity index is 766. The van der Waals surface area contributed by atoms with Crippen molar-refractivity contribution in [2.45, 2.75) is 19.9 Å². The summed E-state index contributed by atoms with van der Waals surface area (Å²) >= 11 is 3.47. The molecule has 1 unspecified atom stereocenters. The fourth-order valence-electron chi connectivity index (χ4n) is 2.41. The predicted octanol–water partition coefficient (Wildman–Crippen LogP) is 5.48. The number of pyridine rings is 1. The van der Waals surface area contributed by atoms with Gasteiger partial charge < -0.3 is 5.32 Å². The molecule has 0 amide bonds. The molecule has 1 N–H and O–H groups in total. The summed E-state index contributed by atoms with van der Waals surface area (Å²) in [6, 6.07) is 19.0. The Kier molecular flexibility index (Phi) is 3.93. The molecule has 1 atom stereocenters. The van der Waals surface area contributed by atoms with Gasteiger partial charge in [0.1, 0.15) is 5.82 Å². The van der Waals surface area contributed by atoms with Gasteiger partial charge in [0.05, 0.1) is 5.52 Å². The molecule has 0 aliphatic heterocycles. The third kappa shape index (κ3) is 3.08. The second-order valence-electron chi connectivity index (χ2n) is 5.26. The van der Waals surface area contributed by atoms with Crippen LogP contribution in [-0.2, 0) is 0 Å². The van der Waals surface area contributed by atoms with Gasteiger partial charge in [0.15, 0.2) is 0 Å². The lowest BCUT2D eigenvalue weighted by molar-refractivity contribution is 0.873. The average Bonchev–Trinajstić information content (AvgIpc) is 2.48. The zero-order valence-electron chi connectivity index (χ0n) is 12.1. The van der Waals surface area contributed by atoms with Crippen LogP contribution in [0.15, 0.2) is 59.1 Å². The maximum absolute atomic E-state index is 4.74. The van der Waals surface area contributed by atoms with Crippen LogP contribution in [0.3, 0.4) is 0 Å². The number of para-hydroxylation sites is 1. The standard InChI is InChI=1S/C18H17BrN2/c1-12-11-15-5-3-4-6-17(15)21-18(12)20-13(2)14-7-9-16(19)10-8-14/h3-11,13H,1-2H3,(H,20,21). The number of hydrogen-bond donors (Lipinski definition) is 1. The summed E-state index contributed by atoms with van der Waals surface area (Å²) in [4.78, 5) is 4.74. The lowest BCUT2D eigenvalue weighted by Gasteiger charge is -2.17. The summed E-state index contributed by atoms with van der Waals surface area (Å²) in [5, 5.41) is 4.69. The summed E-state index contributed by atoms with van der Waals surface area (Å²) in [6.07, 6.45) is 0. The molecule has 106 valence electrons. The van der Waals surface area contributed by atoms with Crippen LogP contribution in [0.5, 0.6) is 0 Å². The molecule has 2 aromatic carbocycles. The van der Waals surface area contributed by atoms with E-state index in [1.807, 2.05) is 18.2 Å². The fraction of sp³-hybridized carbons (Fsp3) is 0.167. The van der Waals surface area contributed by atoms with Gasteiger partial charge >= 0.3 is 0 Å². The van der Waals surface area contributed by atoms with Crippen LogP contribution in [0.1, 0.15) is 24.1 Å². The van der Waals surface area contributed by atoms with Gasteiger partial charge in [-0.3, -0.25) is 0 Å². The Labute approximate surface area is 133 Å². The Balaban J connectivity index is 1.90. The topological polar surface area (TPSA) is 24.9 Å². The highest BCUT2D eigenvalue weighted by Crippen LogP contribution is 2.24. The number of aryl methyl sites for hydroxylation is 1. The molecular weight excluding hydrogens is 324 g/mol. The highest BCUT2D eigenvalue weighted by atomic mass is 79.9. The Morgan fingerprint density at radius 1 is 1.05 bits per heavy atom. The zero-order valence-corrected chi connectivity index (χ0v) is 13.7. The molecule has 1 aromatic heterocycles. The summed E-state index contributed by atoms with van der Waals surface area (Å²) in [6.45, 7) is 4.25. The highest BCUT2D eigenvalue weighted by molar-refractivity contribution is 9.10. The molecule has 0 aliphatic rings. The number of rotatable bonds is 3. The number of benzene rings is 2. The van der Waals surface area contributed by atoms with E-state index < -0.39 is 0 Å². The number of nitrogens with zero attached hydrogens (tertiary/aromatic N) is 1. The second-order valence-corrected chi connectivity index (χ2v) is 6.18. The van der Waals surface area contributed by atoms with E-state index in [0.29, 0.717) is 0 Å². The van der Waals surface area contributed by atoms with Crippen molar-refractivity contribution < 1.29 is 0 Å². The molecular formula is C18H17BrN2. The maximum atomic E-state index is 4.74. The lowest BCUT2D eigenvalue weighted by Crippen LogP contribution is -2.09. The van der Waals surface area contributed by atoms with Gasteiger partial charge in [-0.05, 0) is 49.2 Å². The number of anilines is 1. The average molecular weight is 341 g/mol. The maximum Gasteiger partial charge on any atom is 0.130 e. The van der Waals surface area contributed by atoms with E-state index in [-0.39, 0.29) is 6.04 Å². The molecule has 0 radical (unpaired) electrons. The molecule has 2 nitrogen and oxygen atoms in total. The van der Waals surface area contributed by atoms with Crippen molar-refractivity contribution in [2.24, 2.45) is 0 Å². The van der Waals surface area contributed by atoms with E-state index in [1.54, 1.807) is 0 Å². The lowest BCUT2D eigenvalue weighted by atomic mass is 10.1. The molecule has 3 rings (SSSR count). The number of aromatic nitrogens is 1. The van der Waals surface area contributed by atoms with E-state index in [2.05, 4.69) is 71.5 Å². The highest BCUT2D eigenvalue weighted by Gasteiger charge is 2.09. The van der Waals surface area contributed by atoms with Crippen molar-refractivity contribution >= 4 is 32.7 Å². The molecule has 0 bridgehead atoms. The van der Waals surface area contributed by atoms with Crippen LogP contribution in [0, 0.1) is 6.92 Å². The molecule has 1 heterocycles. The van der Waals surface area contributed by atoms with Gasteiger partial charge in [0.2, 0.25) is 0 Å². The van der Waals surface area contributed by atoms with Gasteiger partial charge in [0, 0.05) is 15.9 Å². The minimum Gasteiger partial charge on any atom is -0.363 e. The molecule has 0 spiro atoms. The molecule has 3 heteroatoms. The zero-order chi connectivity index (χ0) is 14.8. The van der Waals surface area contributed by atoms with Crippen molar-refractivity contribution in [3.05, 3.63) is 70.2 Å². The van der Waals surface area contributed by atoms with Gasteiger partial charge in [-0.1, -0.05) is 46.3 Å². The van der Waals surface area contributed by atoms with Crippen LogP contribution >= 0.6 is 15.9 Å². The predicted molar refractivity (Wildman–Crippen MR) is 92.7 cm³/mol. The molecule has 0 saturated heterocycles. The Morgan fingerprint density at radius 2 is 1.76 bits per heavy atom. The number of nitrogens with one attached hydrogen (secondary N) is 1. The fourth-order valence-corrected chi connectivity index (χ4v) is 2.67. The Morgan fingerprint density at radius 3 is 2.52 bits per heavy atom. The summed E-state index contributed by atoms with van der Waals surface area (Å²) in [7, 11) is 0. The smallest absolute Gasteiger partial charge is 0.130 e. The number of hydrogen-bond acceptors (Lipinski definition) is 2. The third-order valence-electron chi connectivity index (χ3n) is 3.64. The van der Waals surface area contributed by atoms with Crippen molar-refractivity contribution in [1.82, 2.24) is 4.98 Å². The van der Waals surface area contributed by atoms with E-state index >= 15 is 0 Å². The third-order valence-corrected chi connectivity index (χ3v) is 4.17. The van der Waals surface area contributed by atoms with Crippen LogP contribution in [0.2, 0.25) is 0 Å². The molecule has 0 saturated carbocycles. The summed E-state index contributed by atoms with van der Waals surface area (Å²) in [5.41, 5.74) is 3.43. The minimum absolute atomic E-state index is 0.213. The summed E-state index contributed by atoms with van der Waals surface area (Å²) < 4.78 is 1.10. The second kappa shape index (κ2) is 5.86. The van der Waals surface area contributed by atoms with E-state index in [9.17, 15) is 0 Å². The normalized spacial score (nSPS) is 12.3. The van der Waals surface area contributed by atoms with Crippen LogP contribution in [0.25, 0.3) is 10.9 Å². The Hall–Kier alpha value is -1.87. The van der Waals surface area contributed by atoms with Gasteiger partial charge in [-0.15, -0.1) is 0 Å². The van der Waals surface area contributed by atoms with Crippen molar-refractivity contribution in [2.75, 3.05) is 5.32 Å². The molecule has 0 fully saturated rings. The van der Waals surface area contributed by atoms with E-state index in [0.717, 1.165) is 21.4 Å². The molecule has 0 aliphatic carbocycles. The minimum atomic E-state index is 0.213. The van der Waals surface area contributed by atoms with Gasteiger partial charge in [0.25, 0.3) is 0 Å². The van der Waals surface area contributed by atoms with Crippen LogP contribution in [-0.4, -0.2) is 4.98 Å². The molecule has 21 heavy (non-hydrogen) atoms. The largest absolute Gasteiger partial charge is 0.363 e. The first-order valence-corrected chi connectivity index (χ1v) is 7.81. The molecule has 3 aromatic rings. The van der Waals surface area contributed by atoms with Crippen LogP contribution in [0.4, 0.5) is 5.82 Å². The number of fused-ring (bicyclic) bond motifs is 1. The van der Waals surface area contributed by atoms with Gasteiger partial charge in [-0.25, -0.2) is 4.98 Å². The van der Waals surface area contributed by atoms with Gasteiger partial charge in [-0.2, -0.15) is 0 Å². The van der Waals surface area contributed by atoms with Crippen LogP contribution < -0.4 is 5.32 Å². The van der Waals surface area contributed by atoms with E-state index in [4.69, 9.17) is 4.98 Å². The van der Waals surface area contributed by atoms with Crippen molar-refractivity contribution in [3.63, 3.8) is 0 Å². The summed E-state index contributed by atoms with van der Waals surface area (Å²) in [5.74, 6) is 0.948. The monoisotopic (exact) mass is 340 g/mol. The number of halogens is 1. The van der Waals surface area contributed by atoms with Crippen molar-refractivity contribution in [3.8, 4) is 0 Å². The quantitative estimate of drug-likeness (QED) is 0.682. The SMILES string of the molecule is Cc1cc2ccccc2nc1NC(C)c1ccc(Br)cc1. The first-order chi connectivity index (χ1) is 10.1. The first-order valence-electron chi connectivity index (χ1n) is 7.02.